The number of thiophene rings is 1. The summed E-state index contributed by atoms with van der Waals surface area (Å²) in [6.07, 6.45) is 1.40. The van der Waals surface area contributed by atoms with Crippen molar-refractivity contribution in [1.82, 2.24) is 9.80 Å². The molecule has 0 radical (unpaired) electrons. The van der Waals surface area contributed by atoms with Gasteiger partial charge >= 0.3 is 0 Å². The first-order chi connectivity index (χ1) is 16.0. The first-order valence-corrected chi connectivity index (χ1v) is 12.4. The van der Waals surface area contributed by atoms with Crippen LogP contribution in [0.2, 0.25) is 0 Å². The molecule has 2 heterocycles. The Kier molecular flexibility index (Phi) is 7.70. The maximum Gasteiger partial charge on any atom is 0.255 e. The first-order valence-electron chi connectivity index (χ1n) is 11.5. The minimum atomic E-state index is -0.171. The Bertz CT molecular complexity index is 1090. The molecule has 4 rings (SSSR count). The lowest BCUT2D eigenvalue weighted by atomic mass is 10.0. The topological polar surface area (TPSA) is 52.7 Å². The molecule has 0 unspecified atom stereocenters. The standard InChI is InChI=1S/C27H31N3O2S/c1-20-7-8-23(26-6-4-18-33-26)19-24(20)28-27(32)22-11-9-21(10-12-22)25(31)5-3-13-30-16-14-29(2)15-17-30/h4,6-12,18-19H,3,5,13-17H2,1-2H3,(H,28,32). The van der Waals surface area contributed by atoms with Crippen LogP contribution in [-0.4, -0.2) is 61.3 Å². The van der Waals surface area contributed by atoms with Crippen molar-refractivity contribution < 1.29 is 9.59 Å². The Morgan fingerprint density at radius 3 is 2.39 bits per heavy atom. The SMILES string of the molecule is Cc1ccc(-c2cccs2)cc1NC(=O)c1ccc(C(=O)CCCN2CCN(C)CC2)cc1. The number of aryl methyl sites for hydroxylation is 1. The molecule has 1 aliphatic rings. The van der Waals surface area contributed by atoms with Crippen molar-refractivity contribution in [2.45, 2.75) is 19.8 Å². The number of likely N-dealkylation sites (N-methyl/N-ethyl adjacent to an activating group) is 1. The van der Waals surface area contributed by atoms with E-state index in [2.05, 4.69) is 34.3 Å². The molecule has 1 amide bonds. The van der Waals surface area contributed by atoms with E-state index >= 15 is 0 Å². The quantitative estimate of drug-likeness (QED) is 0.469. The molecule has 1 N–H and O–H groups in total. The van der Waals surface area contributed by atoms with Crippen LogP contribution in [0.15, 0.2) is 60.0 Å². The van der Waals surface area contributed by atoms with Crippen molar-refractivity contribution in [2.75, 3.05) is 45.1 Å². The van der Waals surface area contributed by atoms with E-state index in [0.29, 0.717) is 17.5 Å². The third kappa shape index (κ3) is 6.16. The number of benzene rings is 2. The van der Waals surface area contributed by atoms with Crippen molar-refractivity contribution in [1.29, 1.82) is 0 Å². The lowest BCUT2D eigenvalue weighted by Crippen LogP contribution is -2.44. The molecule has 0 aliphatic carbocycles. The molecule has 0 bridgehead atoms. The summed E-state index contributed by atoms with van der Waals surface area (Å²) in [6.45, 7) is 7.28. The van der Waals surface area contributed by atoms with Gasteiger partial charge in [0.25, 0.3) is 5.91 Å². The molecule has 0 saturated carbocycles. The summed E-state index contributed by atoms with van der Waals surface area (Å²) in [5.41, 5.74) is 4.11. The average molecular weight is 462 g/mol. The third-order valence-corrected chi connectivity index (χ3v) is 7.15. The molecule has 33 heavy (non-hydrogen) atoms. The predicted octanol–water partition coefficient (Wildman–Crippen LogP) is 5.19. The zero-order chi connectivity index (χ0) is 23.2. The van der Waals surface area contributed by atoms with Gasteiger partial charge in [-0.25, -0.2) is 0 Å². The fourth-order valence-corrected chi connectivity index (χ4v) is 4.76. The number of amides is 1. The lowest BCUT2D eigenvalue weighted by molar-refractivity contribution is 0.0965. The Morgan fingerprint density at radius 1 is 0.970 bits per heavy atom. The number of ketones is 1. The number of anilines is 1. The van der Waals surface area contributed by atoms with Crippen molar-refractivity contribution in [3.8, 4) is 10.4 Å². The van der Waals surface area contributed by atoms with E-state index < -0.39 is 0 Å². The van der Waals surface area contributed by atoms with E-state index in [1.54, 1.807) is 35.6 Å². The molecule has 0 atom stereocenters. The molecule has 172 valence electrons. The van der Waals surface area contributed by atoms with Crippen LogP contribution in [0.25, 0.3) is 10.4 Å². The number of hydrogen-bond donors (Lipinski definition) is 1. The Hall–Kier alpha value is -2.80. The minimum Gasteiger partial charge on any atom is -0.322 e. The summed E-state index contributed by atoms with van der Waals surface area (Å²) in [5.74, 6) is -0.0360. The highest BCUT2D eigenvalue weighted by Crippen LogP contribution is 2.29. The number of carbonyl (C=O) groups is 2. The Morgan fingerprint density at radius 2 is 1.70 bits per heavy atom. The fraction of sp³-hybridized carbons (Fsp3) is 0.333. The highest BCUT2D eigenvalue weighted by Gasteiger charge is 2.15. The Balaban J connectivity index is 1.32. The van der Waals surface area contributed by atoms with Crippen LogP contribution in [0.1, 0.15) is 39.1 Å². The second-order valence-electron chi connectivity index (χ2n) is 8.71. The maximum absolute atomic E-state index is 12.8. The molecule has 0 spiro atoms. The van der Waals surface area contributed by atoms with Crippen LogP contribution in [0, 0.1) is 6.92 Å². The van der Waals surface area contributed by atoms with Crippen molar-refractivity contribution in [2.24, 2.45) is 0 Å². The summed E-state index contributed by atoms with van der Waals surface area (Å²) >= 11 is 1.67. The summed E-state index contributed by atoms with van der Waals surface area (Å²) in [5, 5.41) is 5.07. The van der Waals surface area contributed by atoms with E-state index in [-0.39, 0.29) is 11.7 Å². The van der Waals surface area contributed by atoms with E-state index in [4.69, 9.17) is 0 Å². The van der Waals surface area contributed by atoms with Crippen molar-refractivity contribution >= 4 is 28.7 Å². The van der Waals surface area contributed by atoms with Gasteiger partial charge in [-0.2, -0.15) is 0 Å². The van der Waals surface area contributed by atoms with Gasteiger partial charge in [0.05, 0.1) is 0 Å². The molecule has 5 nitrogen and oxygen atoms in total. The number of Topliss-reactive ketones (excluding diaryl/α,β-unsaturated/α-hetero) is 1. The molecular weight excluding hydrogens is 430 g/mol. The van der Waals surface area contributed by atoms with Gasteiger partial charge in [-0.15, -0.1) is 11.3 Å². The predicted molar refractivity (Wildman–Crippen MR) is 136 cm³/mol. The number of piperazine rings is 1. The van der Waals surface area contributed by atoms with E-state index in [0.717, 1.165) is 56.0 Å². The Labute approximate surface area is 200 Å². The number of nitrogens with zero attached hydrogens (tertiary/aromatic N) is 2. The molecule has 6 heteroatoms. The molecule has 1 aromatic heterocycles. The summed E-state index contributed by atoms with van der Waals surface area (Å²) in [4.78, 5) is 31.3. The summed E-state index contributed by atoms with van der Waals surface area (Å²) in [6, 6.07) is 17.2. The number of hydrogen-bond acceptors (Lipinski definition) is 5. The molecular formula is C27H31N3O2S. The van der Waals surface area contributed by atoms with Gasteiger partial charge in [-0.3, -0.25) is 9.59 Å². The molecule has 1 fully saturated rings. The van der Waals surface area contributed by atoms with Gasteiger partial charge in [0.1, 0.15) is 0 Å². The minimum absolute atomic E-state index is 0.135. The van der Waals surface area contributed by atoms with Gasteiger partial charge < -0.3 is 15.1 Å². The number of carbonyl (C=O) groups excluding carboxylic acids is 2. The molecule has 1 aliphatic heterocycles. The van der Waals surface area contributed by atoms with Gasteiger partial charge in [0.15, 0.2) is 5.78 Å². The van der Waals surface area contributed by atoms with Gasteiger partial charge in [-0.05, 0) is 67.7 Å². The van der Waals surface area contributed by atoms with Gasteiger partial charge in [0, 0.05) is 54.3 Å². The van der Waals surface area contributed by atoms with Crippen LogP contribution in [0.4, 0.5) is 5.69 Å². The lowest BCUT2D eigenvalue weighted by Gasteiger charge is -2.32. The van der Waals surface area contributed by atoms with Crippen LogP contribution >= 0.6 is 11.3 Å². The second kappa shape index (κ2) is 10.9. The normalized spacial score (nSPS) is 14.8. The highest BCUT2D eigenvalue weighted by molar-refractivity contribution is 7.13. The molecule has 2 aromatic carbocycles. The number of rotatable bonds is 8. The van der Waals surface area contributed by atoms with Crippen molar-refractivity contribution in [3.05, 3.63) is 76.7 Å². The maximum atomic E-state index is 12.8. The molecule has 1 saturated heterocycles. The van der Waals surface area contributed by atoms with Crippen molar-refractivity contribution in [3.63, 3.8) is 0 Å². The summed E-state index contributed by atoms with van der Waals surface area (Å²) < 4.78 is 0. The monoisotopic (exact) mass is 461 g/mol. The third-order valence-electron chi connectivity index (χ3n) is 6.23. The van der Waals surface area contributed by atoms with Crippen LogP contribution in [0.5, 0.6) is 0 Å². The summed E-state index contributed by atoms with van der Waals surface area (Å²) in [7, 11) is 2.15. The van der Waals surface area contributed by atoms with Gasteiger partial charge in [0.2, 0.25) is 0 Å². The van der Waals surface area contributed by atoms with Gasteiger partial charge in [-0.1, -0.05) is 30.3 Å². The van der Waals surface area contributed by atoms with E-state index in [9.17, 15) is 9.59 Å². The van der Waals surface area contributed by atoms with E-state index in [1.807, 2.05) is 30.5 Å². The van der Waals surface area contributed by atoms with Crippen LogP contribution in [-0.2, 0) is 0 Å². The molecule has 3 aromatic rings. The smallest absolute Gasteiger partial charge is 0.255 e. The number of nitrogens with one attached hydrogen (secondary N) is 1. The zero-order valence-corrected chi connectivity index (χ0v) is 20.2. The largest absolute Gasteiger partial charge is 0.322 e. The van der Waals surface area contributed by atoms with Crippen LogP contribution < -0.4 is 5.32 Å². The fourth-order valence-electron chi connectivity index (χ4n) is 4.03. The highest BCUT2D eigenvalue weighted by atomic mass is 32.1. The zero-order valence-electron chi connectivity index (χ0n) is 19.3. The second-order valence-corrected chi connectivity index (χ2v) is 9.66. The first kappa shape index (κ1) is 23.4. The van der Waals surface area contributed by atoms with E-state index in [1.165, 1.54) is 4.88 Å². The van der Waals surface area contributed by atoms with Crippen LogP contribution in [0.3, 0.4) is 0 Å². The average Bonchev–Trinajstić information content (AvgIpc) is 3.37.